The maximum atomic E-state index is 9.10. The van der Waals surface area contributed by atoms with Gasteiger partial charge >= 0.3 is 11.9 Å². The van der Waals surface area contributed by atoms with Gasteiger partial charge in [-0.1, -0.05) is 12.8 Å². The molecule has 2 aromatic rings. The second-order valence-electron chi connectivity index (χ2n) is 8.66. The van der Waals surface area contributed by atoms with Crippen molar-refractivity contribution in [2.24, 2.45) is 5.92 Å². The fourth-order valence-electron chi connectivity index (χ4n) is 4.86. The van der Waals surface area contributed by atoms with Crippen molar-refractivity contribution >= 4 is 22.8 Å². The standard InChI is InChI=1S/C22H29N3O2.C2H2O4/c1-4-9-27-21-10-18-6-7-19(11-21)24(18)14-16(2)15-25-22-12-20(26-3)8-5-17(22)13-23-25;3-1(4)2(5)6/h1,5,8,12-13,16,18-19,21H,6-7,9-11,14-15H2,2-3H3;(H,3,4)(H,5,6)/t16-,18-,19+,21-;/m1./s1. The molecule has 178 valence electrons. The number of rotatable bonds is 7. The highest BCUT2D eigenvalue weighted by Gasteiger charge is 2.41. The highest BCUT2D eigenvalue weighted by atomic mass is 16.5. The van der Waals surface area contributed by atoms with E-state index in [1.807, 2.05) is 12.3 Å². The van der Waals surface area contributed by atoms with Gasteiger partial charge in [0.25, 0.3) is 0 Å². The Kier molecular flexibility index (Phi) is 8.31. The predicted molar refractivity (Wildman–Crippen MR) is 122 cm³/mol. The highest BCUT2D eigenvalue weighted by Crippen LogP contribution is 2.37. The molecule has 2 aliphatic rings. The number of carbonyl (C=O) groups is 2. The average Bonchev–Trinajstić information content (AvgIpc) is 3.28. The molecule has 2 aliphatic heterocycles. The lowest BCUT2D eigenvalue weighted by Gasteiger charge is -2.40. The van der Waals surface area contributed by atoms with Gasteiger partial charge in [-0.15, -0.1) is 6.42 Å². The molecule has 4 atom stereocenters. The lowest BCUT2D eigenvalue weighted by atomic mass is 9.98. The zero-order valence-electron chi connectivity index (χ0n) is 19.0. The van der Waals surface area contributed by atoms with Gasteiger partial charge in [-0.2, -0.15) is 5.10 Å². The van der Waals surface area contributed by atoms with Crippen LogP contribution in [0.1, 0.15) is 32.6 Å². The van der Waals surface area contributed by atoms with Crippen LogP contribution in [-0.4, -0.2) is 75.3 Å². The molecule has 33 heavy (non-hydrogen) atoms. The highest BCUT2D eigenvalue weighted by molar-refractivity contribution is 6.27. The van der Waals surface area contributed by atoms with Crippen LogP contribution in [0.3, 0.4) is 0 Å². The van der Waals surface area contributed by atoms with Crippen molar-refractivity contribution in [3.8, 4) is 18.1 Å². The van der Waals surface area contributed by atoms with Gasteiger partial charge in [0.15, 0.2) is 0 Å². The molecule has 9 heteroatoms. The van der Waals surface area contributed by atoms with Gasteiger partial charge in [0.1, 0.15) is 12.4 Å². The summed E-state index contributed by atoms with van der Waals surface area (Å²) in [6.45, 7) is 4.80. The number of methoxy groups -OCH3 is 1. The van der Waals surface area contributed by atoms with Crippen molar-refractivity contribution in [1.29, 1.82) is 0 Å². The second kappa shape index (κ2) is 11.2. The summed E-state index contributed by atoms with van der Waals surface area (Å²) in [6, 6.07) is 7.42. The van der Waals surface area contributed by atoms with E-state index >= 15 is 0 Å². The van der Waals surface area contributed by atoms with E-state index in [2.05, 4.69) is 39.7 Å². The van der Waals surface area contributed by atoms with Gasteiger partial charge < -0.3 is 19.7 Å². The molecule has 0 radical (unpaired) electrons. The molecule has 4 rings (SSSR count). The first-order chi connectivity index (χ1) is 15.8. The number of terminal acetylenes is 1. The van der Waals surface area contributed by atoms with Crippen LogP contribution in [0, 0.1) is 18.3 Å². The number of ether oxygens (including phenoxy) is 2. The van der Waals surface area contributed by atoms with E-state index in [-0.39, 0.29) is 0 Å². The van der Waals surface area contributed by atoms with Crippen LogP contribution >= 0.6 is 0 Å². The van der Waals surface area contributed by atoms with Gasteiger partial charge in [0.05, 0.1) is 24.9 Å². The Balaban J connectivity index is 0.000000454. The van der Waals surface area contributed by atoms with Crippen molar-refractivity contribution in [3.05, 3.63) is 24.4 Å². The smallest absolute Gasteiger partial charge is 0.414 e. The molecule has 9 nitrogen and oxygen atoms in total. The molecule has 1 aromatic heterocycles. The molecule has 0 unspecified atom stereocenters. The van der Waals surface area contributed by atoms with E-state index in [0.717, 1.165) is 42.6 Å². The number of hydrogen-bond acceptors (Lipinski definition) is 6. The number of carboxylic acids is 2. The Bertz CT molecular complexity index is 987. The Morgan fingerprint density at radius 2 is 1.88 bits per heavy atom. The summed E-state index contributed by atoms with van der Waals surface area (Å²) in [5, 5.41) is 20.6. The zero-order valence-corrected chi connectivity index (χ0v) is 19.0. The lowest BCUT2D eigenvalue weighted by molar-refractivity contribution is -0.159. The molecular formula is C24H31N3O6. The second-order valence-corrected chi connectivity index (χ2v) is 8.66. The number of aliphatic carboxylic acids is 2. The monoisotopic (exact) mass is 457 g/mol. The fraction of sp³-hybridized carbons (Fsp3) is 0.542. The Hall–Kier alpha value is -3.09. The van der Waals surface area contributed by atoms with Crippen LogP contribution in [0.4, 0.5) is 0 Å². The minimum Gasteiger partial charge on any atom is -0.497 e. The van der Waals surface area contributed by atoms with Gasteiger partial charge in [0.2, 0.25) is 0 Å². The summed E-state index contributed by atoms with van der Waals surface area (Å²) < 4.78 is 13.3. The molecule has 0 amide bonds. The van der Waals surface area contributed by atoms with Crippen LogP contribution < -0.4 is 4.74 Å². The van der Waals surface area contributed by atoms with E-state index in [1.165, 1.54) is 12.8 Å². The first-order valence-electron chi connectivity index (χ1n) is 11.1. The first kappa shape index (κ1) is 24.6. The third-order valence-corrected chi connectivity index (χ3v) is 6.29. The maximum Gasteiger partial charge on any atom is 0.414 e. The number of fused-ring (bicyclic) bond motifs is 3. The largest absolute Gasteiger partial charge is 0.497 e. The molecule has 1 aromatic carbocycles. The molecular weight excluding hydrogens is 426 g/mol. The maximum absolute atomic E-state index is 9.10. The number of benzene rings is 1. The lowest BCUT2D eigenvalue weighted by Crippen LogP contribution is -2.47. The minimum atomic E-state index is -1.82. The van der Waals surface area contributed by atoms with Gasteiger partial charge in [0, 0.05) is 36.6 Å². The number of aromatic nitrogens is 2. The van der Waals surface area contributed by atoms with Crippen molar-refractivity contribution in [1.82, 2.24) is 14.7 Å². The molecule has 0 saturated carbocycles. The molecule has 0 aliphatic carbocycles. The number of piperidine rings is 1. The SMILES string of the molecule is C#CCO[C@@H]1C[C@H]2CC[C@@H](C1)N2C[C@@H](C)Cn1ncc2ccc(OC)cc21.O=C(O)C(=O)O. The molecule has 2 N–H and O–H groups in total. The first-order valence-corrected chi connectivity index (χ1v) is 11.1. The number of nitrogens with zero attached hydrogens (tertiary/aromatic N) is 3. The van der Waals surface area contributed by atoms with Crippen molar-refractivity contribution in [3.63, 3.8) is 0 Å². The summed E-state index contributed by atoms with van der Waals surface area (Å²) in [5.74, 6) is 0.365. The zero-order chi connectivity index (χ0) is 24.0. The van der Waals surface area contributed by atoms with Crippen LogP contribution in [0.25, 0.3) is 10.9 Å². The van der Waals surface area contributed by atoms with Crippen LogP contribution in [-0.2, 0) is 20.9 Å². The summed E-state index contributed by atoms with van der Waals surface area (Å²) in [4.78, 5) is 20.9. The summed E-state index contributed by atoms with van der Waals surface area (Å²) in [6.07, 6.45) is 12.4. The topological polar surface area (TPSA) is 114 Å². The van der Waals surface area contributed by atoms with Crippen LogP contribution in [0.15, 0.2) is 24.4 Å². The van der Waals surface area contributed by atoms with Gasteiger partial charge in [-0.3, -0.25) is 9.58 Å². The minimum absolute atomic E-state index is 0.340. The quantitative estimate of drug-likeness (QED) is 0.482. The predicted octanol–water partition coefficient (Wildman–Crippen LogP) is 2.48. The summed E-state index contributed by atoms with van der Waals surface area (Å²) in [7, 11) is 1.71. The van der Waals surface area contributed by atoms with E-state index in [1.54, 1.807) is 7.11 Å². The summed E-state index contributed by atoms with van der Waals surface area (Å²) >= 11 is 0. The Labute approximate surface area is 193 Å². The van der Waals surface area contributed by atoms with Gasteiger partial charge in [-0.05, 0) is 43.7 Å². The molecule has 2 bridgehead atoms. The third-order valence-electron chi connectivity index (χ3n) is 6.29. The van der Waals surface area contributed by atoms with Crippen LogP contribution in [0.2, 0.25) is 0 Å². The molecule has 2 saturated heterocycles. The van der Waals surface area contributed by atoms with Crippen molar-refractivity contribution in [2.45, 2.75) is 57.3 Å². The van der Waals surface area contributed by atoms with E-state index in [9.17, 15) is 0 Å². The third kappa shape index (κ3) is 6.24. The molecule has 0 spiro atoms. The van der Waals surface area contributed by atoms with Gasteiger partial charge in [-0.25, -0.2) is 9.59 Å². The number of hydrogen-bond donors (Lipinski definition) is 2. The van der Waals surface area contributed by atoms with Crippen molar-refractivity contribution < 1.29 is 29.3 Å². The van der Waals surface area contributed by atoms with E-state index in [4.69, 9.17) is 35.7 Å². The van der Waals surface area contributed by atoms with E-state index < -0.39 is 11.9 Å². The molecule has 2 fully saturated rings. The van der Waals surface area contributed by atoms with E-state index in [0.29, 0.717) is 30.7 Å². The molecule has 3 heterocycles. The summed E-state index contributed by atoms with van der Waals surface area (Å²) in [5.41, 5.74) is 1.14. The Morgan fingerprint density at radius 3 is 2.45 bits per heavy atom. The number of carboxylic acid groups (broad SMARTS) is 2. The van der Waals surface area contributed by atoms with Crippen LogP contribution in [0.5, 0.6) is 5.75 Å². The normalized spacial score (nSPS) is 22.8. The fourth-order valence-corrected chi connectivity index (χ4v) is 4.86. The Morgan fingerprint density at radius 1 is 1.21 bits per heavy atom. The van der Waals surface area contributed by atoms with Crippen molar-refractivity contribution in [2.75, 3.05) is 20.3 Å². The average molecular weight is 458 g/mol.